The molecule has 0 aliphatic carbocycles. The van der Waals surface area contributed by atoms with Gasteiger partial charge in [-0.05, 0) is 36.8 Å². The van der Waals surface area contributed by atoms with Gasteiger partial charge in [-0.15, -0.1) is 0 Å². The number of morpholine rings is 1. The van der Waals surface area contributed by atoms with E-state index in [-0.39, 0.29) is 5.91 Å². The molecule has 5 heteroatoms. The summed E-state index contributed by atoms with van der Waals surface area (Å²) >= 11 is 0. The number of hydrogen-bond acceptors (Lipinski definition) is 4. The number of carbonyl (C=O) groups is 1. The molecule has 0 bridgehead atoms. The van der Waals surface area contributed by atoms with Crippen LogP contribution in [-0.2, 0) is 11.3 Å². The maximum Gasteiger partial charge on any atom is 0.255 e. The average Bonchev–Trinajstić information content (AvgIpc) is 2.63. The molecule has 3 rings (SSSR count). The Morgan fingerprint density at radius 3 is 2.76 bits per heavy atom. The predicted molar refractivity (Wildman–Crippen MR) is 98.1 cm³/mol. The van der Waals surface area contributed by atoms with Crippen molar-refractivity contribution in [2.75, 3.05) is 38.2 Å². The molecule has 0 radical (unpaired) electrons. The number of anilines is 1. The van der Waals surface area contributed by atoms with Gasteiger partial charge in [-0.25, -0.2) is 0 Å². The van der Waals surface area contributed by atoms with Gasteiger partial charge in [0.2, 0.25) is 0 Å². The molecule has 25 heavy (non-hydrogen) atoms. The van der Waals surface area contributed by atoms with Gasteiger partial charge in [-0.1, -0.05) is 18.2 Å². The monoisotopic (exact) mass is 340 g/mol. The van der Waals surface area contributed by atoms with Gasteiger partial charge in [0.25, 0.3) is 5.91 Å². The summed E-state index contributed by atoms with van der Waals surface area (Å²) in [6.45, 7) is 6.78. The summed E-state index contributed by atoms with van der Waals surface area (Å²) in [4.78, 5) is 14.9. The Hall–Kier alpha value is -2.37. The Morgan fingerprint density at radius 1 is 1.16 bits per heavy atom. The standard InChI is InChI=1S/C20H24N2O3/c1-2-25-19-8-4-7-18(14-19)21-20(23)17-6-3-5-16(13-17)15-22-9-11-24-12-10-22/h3-8,13-14H,2,9-12,15H2,1H3,(H,21,23). The average molecular weight is 340 g/mol. The van der Waals surface area contributed by atoms with Gasteiger partial charge in [-0.3, -0.25) is 9.69 Å². The largest absolute Gasteiger partial charge is 0.494 e. The molecule has 1 amide bonds. The highest BCUT2D eigenvalue weighted by Crippen LogP contribution is 2.18. The predicted octanol–water partition coefficient (Wildman–Crippen LogP) is 3.17. The lowest BCUT2D eigenvalue weighted by Crippen LogP contribution is -2.35. The normalized spacial score (nSPS) is 14.9. The van der Waals surface area contributed by atoms with Crippen LogP contribution in [0, 0.1) is 0 Å². The second-order valence-electron chi connectivity index (χ2n) is 6.00. The zero-order valence-corrected chi connectivity index (χ0v) is 14.5. The van der Waals surface area contributed by atoms with E-state index in [9.17, 15) is 4.79 Å². The van der Waals surface area contributed by atoms with Crippen LogP contribution < -0.4 is 10.1 Å². The van der Waals surface area contributed by atoms with E-state index in [0.29, 0.717) is 12.2 Å². The zero-order chi connectivity index (χ0) is 17.5. The van der Waals surface area contributed by atoms with E-state index in [0.717, 1.165) is 49.8 Å². The number of benzene rings is 2. The Balaban J connectivity index is 1.65. The summed E-state index contributed by atoms with van der Waals surface area (Å²) in [5, 5.41) is 2.94. The quantitative estimate of drug-likeness (QED) is 0.877. The smallest absolute Gasteiger partial charge is 0.255 e. The minimum atomic E-state index is -0.113. The van der Waals surface area contributed by atoms with Crippen LogP contribution in [-0.4, -0.2) is 43.7 Å². The van der Waals surface area contributed by atoms with Gasteiger partial charge in [-0.2, -0.15) is 0 Å². The van der Waals surface area contributed by atoms with Gasteiger partial charge in [0.15, 0.2) is 0 Å². The summed E-state index contributed by atoms with van der Waals surface area (Å²) in [6, 6.07) is 15.2. The molecule has 2 aromatic carbocycles. The molecular weight excluding hydrogens is 316 g/mol. The summed E-state index contributed by atoms with van der Waals surface area (Å²) in [6.07, 6.45) is 0. The third-order valence-corrected chi connectivity index (χ3v) is 4.10. The molecular formula is C20H24N2O3. The summed E-state index contributed by atoms with van der Waals surface area (Å²) in [7, 11) is 0. The molecule has 0 aromatic heterocycles. The van der Waals surface area contributed by atoms with Gasteiger partial charge in [0.1, 0.15) is 5.75 Å². The van der Waals surface area contributed by atoms with Crippen LogP contribution in [0.1, 0.15) is 22.8 Å². The number of nitrogens with zero attached hydrogens (tertiary/aromatic N) is 1. The maximum absolute atomic E-state index is 12.5. The first-order valence-electron chi connectivity index (χ1n) is 8.68. The molecule has 0 saturated carbocycles. The Labute approximate surface area is 148 Å². The number of rotatable bonds is 6. The van der Waals surface area contributed by atoms with E-state index in [1.165, 1.54) is 0 Å². The molecule has 0 spiro atoms. The first kappa shape index (κ1) is 17.5. The number of carbonyl (C=O) groups excluding carboxylic acids is 1. The summed E-state index contributed by atoms with van der Waals surface area (Å²) in [5.41, 5.74) is 2.53. The molecule has 0 unspecified atom stereocenters. The van der Waals surface area contributed by atoms with E-state index in [1.54, 1.807) is 0 Å². The van der Waals surface area contributed by atoms with Crippen molar-refractivity contribution in [3.05, 3.63) is 59.7 Å². The molecule has 0 atom stereocenters. The van der Waals surface area contributed by atoms with E-state index >= 15 is 0 Å². The summed E-state index contributed by atoms with van der Waals surface area (Å²) < 4.78 is 10.8. The topological polar surface area (TPSA) is 50.8 Å². The number of hydrogen-bond donors (Lipinski definition) is 1. The van der Waals surface area contributed by atoms with Crippen molar-refractivity contribution in [3.8, 4) is 5.75 Å². The highest BCUT2D eigenvalue weighted by Gasteiger charge is 2.12. The maximum atomic E-state index is 12.5. The first-order chi connectivity index (χ1) is 12.2. The molecule has 1 aliphatic rings. The van der Waals surface area contributed by atoms with Crippen molar-refractivity contribution in [2.45, 2.75) is 13.5 Å². The highest BCUT2D eigenvalue weighted by molar-refractivity contribution is 6.04. The summed E-state index contributed by atoms with van der Waals surface area (Å²) in [5.74, 6) is 0.638. The van der Waals surface area contributed by atoms with E-state index < -0.39 is 0 Å². The van der Waals surface area contributed by atoms with Gasteiger partial charge in [0, 0.05) is 37.0 Å². The fourth-order valence-corrected chi connectivity index (χ4v) is 2.86. The molecule has 1 aliphatic heterocycles. The lowest BCUT2D eigenvalue weighted by molar-refractivity contribution is 0.0342. The second kappa shape index (κ2) is 8.65. The van der Waals surface area contributed by atoms with Gasteiger partial charge < -0.3 is 14.8 Å². The molecule has 2 aromatic rings. The Morgan fingerprint density at radius 2 is 1.96 bits per heavy atom. The third-order valence-electron chi connectivity index (χ3n) is 4.10. The lowest BCUT2D eigenvalue weighted by Gasteiger charge is -2.26. The van der Waals surface area contributed by atoms with Crippen LogP contribution in [0.3, 0.4) is 0 Å². The molecule has 1 fully saturated rings. The van der Waals surface area contributed by atoms with Crippen LogP contribution in [0.2, 0.25) is 0 Å². The number of amides is 1. The minimum absolute atomic E-state index is 0.113. The molecule has 5 nitrogen and oxygen atoms in total. The minimum Gasteiger partial charge on any atom is -0.494 e. The molecule has 132 valence electrons. The Kier molecular flexibility index (Phi) is 6.04. The second-order valence-corrected chi connectivity index (χ2v) is 6.00. The van der Waals surface area contributed by atoms with Gasteiger partial charge in [0.05, 0.1) is 19.8 Å². The van der Waals surface area contributed by atoms with E-state index in [1.807, 2.05) is 49.4 Å². The highest BCUT2D eigenvalue weighted by atomic mass is 16.5. The lowest BCUT2D eigenvalue weighted by atomic mass is 10.1. The third kappa shape index (κ3) is 5.05. The van der Waals surface area contributed by atoms with Crippen LogP contribution in [0.4, 0.5) is 5.69 Å². The Bertz CT molecular complexity index is 712. The number of ether oxygens (including phenoxy) is 2. The van der Waals surface area contributed by atoms with Crippen LogP contribution in [0.5, 0.6) is 5.75 Å². The van der Waals surface area contributed by atoms with Crippen molar-refractivity contribution in [2.24, 2.45) is 0 Å². The molecule has 1 N–H and O–H groups in total. The van der Waals surface area contributed by atoms with Gasteiger partial charge >= 0.3 is 0 Å². The van der Waals surface area contributed by atoms with Crippen LogP contribution in [0.15, 0.2) is 48.5 Å². The fraction of sp³-hybridized carbons (Fsp3) is 0.350. The van der Waals surface area contributed by atoms with Crippen molar-refractivity contribution in [3.63, 3.8) is 0 Å². The SMILES string of the molecule is CCOc1cccc(NC(=O)c2cccc(CN3CCOCC3)c2)c1. The van der Waals surface area contributed by atoms with Crippen LogP contribution in [0.25, 0.3) is 0 Å². The number of nitrogens with one attached hydrogen (secondary N) is 1. The van der Waals surface area contributed by atoms with Crippen molar-refractivity contribution < 1.29 is 14.3 Å². The molecule has 1 saturated heterocycles. The van der Waals surface area contributed by atoms with E-state index in [2.05, 4.69) is 16.3 Å². The van der Waals surface area contributed by atoms with Crippen molar-refractivity contribution in [1.29, 1.82) is 0 Å². The zero-order valence-electron chi connectivity index (χ0n) is 14.5. The fourth-order valence-electron chi connectivity index (χ4n) is 2.86. The van der Waals surface area contributed by atoms with Crippen LogP contribution >= 0.6 is 0 Å². The van der Waals surface area contributed by atoms with Crippen molar-refractivity contribution >= 4 is 11.6 Å². The van der Waals surface area contributed by atoms with E-state index in [4.69, 9.17) is 9.47 Å². The van der Waals surface area contributed by atoms with Crippen molar-refractivity contribution in [1.82, 2.24) is 4.90 Å². The first-order valence-corrected chi connectivity index (χ1v) is 8.68. The molecule has 1 heterocycles.